The van der Waals surface area contributed by atoms with Crippen LogP contribution in [0.5, 0.6) is 0 Å². The standard InChI is InChI=1S/C18H19N3O3/c1-11(2)21-16(22)9-8-14(19-21)18-12(3)20(10-17(23)24)15-7-5-4-6-13(15)18/h4-9,11H,10H2,1-3H3,(H,23,24). The van der Waals surface area contributed by atoms with Crippen molar-refractivity contribution in [1.29, 1.82) is 0 Å². The maximum absolute atomic E-state index is 12.0. The van der Waals surface area contributed by atoms with Gasteiger partial charge in [-0.1, -0.05) is 18.2 Å². The fourth-order valence-electron chi connectivity index (χ4n) is 3.02. The quantitative estimate of drug-likeness (QED) is 0.800. The first-order chi connectivity index (χ1) is 11.4. The SMILES string of the molecule is Cc1c(-c2ccc(=O)n(C(C)C)n2)c2ccccc2n1CC(=O)O. The first kappa shape index (κ1) is 16.0. The molecule has 2 heterocycles. The topological polar surface area (TPSA) is 77.1 Å². The summed E-state index contributed by atoms with van der Waals surface area (Å²) < 4.78 is 3.21. The van der Waals surface area contributed by atoms with Gasteiger partial charge in [-0.25, -0.2) is 4.68 Å². The fraction of sp³-hybridized carbons (Fsp3) is 0.278. The monoisotopic (exact) mass is 325 g/mol. The maximum atomic E-state index is 12.0. The van der Waals surface area contributed by atoms with E-state index in [1.165, 1.54) is 10.7 Å². The first-order valence-corrected chi connectivity index (χ1v) is 7.80. The summed E-state index contributed by atoms with van der Waals surface area (Å²) in [6.45, 7) is 5.57. The molecule has 0 unspecified atom stereocenters. The number of aliphatic carboxylic acids is 1. The number of carbonyl (C=O) groups is 1. The molecule has 1 aromatic carbocycles. The molecular formula is C18H19N3O3. The lowest BCUT2D eigenvalue weighted by atomic mass is 10.1. The lowest BCUT2D eigenvalue weighted by Gasteiger charge is -2.10. The Kier molecular flexibility index (Phi) is 3.97. The third-order valence-corrected chi connectivity index (χ3v) is 4.09. The van der Waals surface area contributed by atoms with Crippen molar-refractivity contribution in [1.82, 2.24) is 14.3 Å². The predicted octanol–water partition coefficient (Wildman–Crippen LogP) is 2.84. The van der Waals surface area contributed by atoms with E-state index in [1.807, 2.05) is 45.0 Å². The molecule has 0 spiro atoms. The molecule has 2 aromatic heterocycles. The van der Waals surface area contributed by atoms with Crippen LogP contribution in [-0.2, 0) is 11.3 Å². The lowest BCUT2D eigenvalue weighted by Crippen LogP contribution is -2.24. The molecule has 0 atom stereocenters. The van der Waals surface area contributed by atoms with Crippen molar-refractivity contribution in [3.8, 4) is 11.3 Å². The Morgan fingerprint density at radius 2 is 1.92 bits per heavy atom. The smallest absolute Gasteiger partial charge is 0.323 e. The van der Waals surface area contributed by atoms with Crippen LogP contribution in [0.25, 0.3) is 22.2 Å². The zero-order valence-electron chi connectivity index (χ0n) is 13.9. The summed E-state index contributed by atoms with van der Waals surface area (Å²) in [4.78, 5) is 23.2. The van der Waals surface area contributed by atoms with Crippen LogP contribution in [0.15, 0.2) is 41.2 Å². The second-order valence-electron chi connectivity index (χ2n) is 6.05. The zero-order chi connectivity index (χ0) is 17.4. The van der Waals surface area contributed by atoms with Gasteiger partial charge in [0.05, 0.1) is 11.7 Å². The van der Waals surface area contributed by atoms with Crippen LogP contribution in [-0.4, -0.2) is 25.4 Å². The van der Waals surface area contributed by atoms with Gasteiger partial charge in [-0.3, -0.25) is 9.59 Å². The van der Waals surface area contributed by atoms with Crippen molar-refractivity contribution >= 4 is 16.9 Å². The number of hydrogen-bond acceptors (Lipinski definition) is 3. The highest BCUT2D eigenvalue weighted by Crippen LogP contribution is 2.33. The molecule has 0 saturated heterocycles. The number of carboxylic acids is 1. The summed E-state index contributed by atoms with van der Waals surface area (Å²) in [7, 11) is 0. The van der Waals surface area contributed by atoms with Crippen LogP contribution < -0.4 is 5.56 Å². The summed E-state index contributed by atoms with van der Waals surface area (Å²) in [5.41, 5.74) is 3.04. The Balaban J connectivity index is 2.31. The van der Waals surface area contributed by atoms with Crippen LogP contribution in [0.2, 0.25) is 0 Å². The van der Waals surface area contributed by atoms with Crippen molar-refractivity contribution in [2.45, 2.75) is 33.4 Å². The van der Waals surface area contributed by atoms with E-state index in [-0.39, 0.29) is 18.1 Å². The van der Waals surface area contributed by atoms with Crippen LogP contribution in [0.3, 0.4) is 0 Å². The number of benzene rings is 1. The number of hydrogen-bond donors (Lipinski definition) is 1. The minimum atomic E-state index is -0.898. The minimum absolute atomic E-state index is 0.0508. The van der Waals surface area contributed by atoms with Gasteiger partial charge in [-0.15, -0.1) is 0 Å². The molecule has 0 bridgehead atoms. The Hall–Kier alpha value is -2.89. The van der Waals surface area contributed by atoms with Crippen LogP contribution >= 0.6 is 0 Å². The van der Waals surface area contributed by atoms with Gasteiger partial charge in [0.1, 0.15) is 6.54 Å². The average molecular weight is 325 g/mol. The molecule has 0 fully saturated rings. The fourth-order valence-corrected chi connectivity index (χ4v) is 3.02. The van der Waals surface area contributed by atoms with Crippen LogP contribution in [0.4, 0.5) is 0 Å². The zero-order valence-corrected chi connectivity index (χ0v) is 13.9. The van der Waals surface area contributed by atoms with E-state index in [4.69, 9.17) is 0 Å². The van der Waals surface area contributed by atoms with Crippen molar-refractivity contribution in [2.75, 3.05) is 0 Å². The molecule has 0 aliphatic heterocycles. The average Bonchev–Trinajstić information content (AvgIpc) is 2.80. The van der Waals surface area contributed by atoms with Gasteiger partial charge in [-0.05, 0) is 32.9 Å². The lowest BCUT2D eigenvalue weighted by molar-refractivity contribution is -0.137. The number of nitrogens with zero attached hydrogens (tertiary/aromatic N) is 3. The van der Waals surface area contributed by atoms with E-state index in [9.17, 15) is 14.7 Å². The van der Waals surface area contributed by atoms with Crippen molar-refractivity contribution in [3.05, 3.63) is 52.4 Å². The molecule has 0 aliphatic carbocycles. The van der Waals surface area contributed by atoms with Crippen molar-refractivity contribution in [3.63, 3.8) is 0 Å². The highest BCUT2D eigenvalue weighted by atomic mass is 16.4. The largest absolute Gasteiger partial charge is 0.480 e. The Morgan fingerprint density at radius 3 is 2.58 bits per heavy atom. The summed E-state index contributed by atoms with van der Waals surface area (Å²) >= 11 is 0. The number of aromatic nitrogens is 3. The summed E-state index contributed by atoms with van der Waals surface area (Å²) in [5.74, 6) is -0.898. The van der Waals surface area contributed by atoms with Crippen molar-refractivity contribution < 1.29 is 9.90 Å². The van der Waals surface area contributed by atoms with Gasteiger partial charge in [0.15, 0.2) is 0 Å². The molecule has 0 amide bonds. The minimum Gasteiger partial charge on any atom is -0.480 e. The van der Waals surface area contributed by atoms with E-state index < -0.39 is 5.97 Å². The van der Waals surface area contributed by atoms with E-state index in [0.29, 0.717) is 5.69 Å². The molecule has 3 rings (SSSR count). The number of fused-ring (bicyclic) bond motifs is 1. The van der Waals surface area contributed by atoms with Crippen molar-refractivity contribution in [2.24, 2.45) is 0 Å². The Morgan fingerprint density at radius 1 is 1.21 bits per heavy atom. The Labute approximate surface area is 139 Å². The van der Waals surface area contributed by atoms with Gasteiger partial charge >= 0.3 is 5.97 Å². The summed E-state index contributed by atoms with van der Waals surface area (Å²) in [5, 5.41) is 14.6. The summed E-state index contributed by atoms with van der Waals surface area (Å²) in [6, 6.07) is 10.8. The second kappa shape index (κ2) is 5.96. The van der Waals surface area contributed by atoms with E-state index in [0.717, 1.165) is 22.2 Å². The first-order valence-electron chi connectivity index (χ1n) is 7.80. The van der Waals surface area contributed by atoms with E-state index >= 15 is 0 Å². The summed E-state index contributed by atoms with van der Waals surface area (Å²) in [6.07, 6.45) is 0. The number of carboxylic acid groups (broad SMARTS) is 1. The maximum Gasteiger partial charge on any atom is 0.323 e. The molecule has 124 valence electrons. The third kappa shape index (κ3) is 2.60. The highest BCUT2D eigenvalue weighted by molar-refractivity contribution is 5.97. The molecule has 0 aliphatic rings. The third-order valence-electron chi connectivity index (χ3n) is 4.09. The van der Waals surface area contributed by atoms with E-state index in [2.05, 4.69) is 5.10 Å². The Bertz CT molecular complexity index is 983. The molecule has 3 aromatic rings. The molecule has 6 nitrogen and oxygen atoms in total. The second-order valence-corrected chi connectivity index (χ2v) is 6.05. The molecular weight excluding hydrogens is 306 g/mol. The van der Waals surface area contributed by atoms with Gasteiger partial charge in [-0.2, -0.15) is 5.10 Å². The van der Waals surface area contributed by atoms with Gasteiger partial charge in [0, 0.05) is 28.2 Å². The molecule has 1 N–H and O–H groups in total. The van der Waals surface area contributed by atoms with Crippen LogP contribution in [0.1, 0.15) is 25.6 Å². The highest BCUT2D eigenvalue weighted by Gasteiger charge is 2.18. The molecule has 0 radical (unpaired) electrons. The normalized spacial score (nSPS) is 11.3. The number of rotatable bonds is 4. The van der Waals surface area contributed by atoms with Gasteiger partial charge in [0.2, 0.25) is 0 Å². The molecule has 0 saturated carbocycles. The predicted molar refractivity (Wildman–Crippen MR) is 92.2 cm³/mol. The molecule has 24 heavy (non-hydrogen) atoms. The number of para-hydroxylation sites is 1. The van der Waals surface area contributed by atoms with Crippen LogP contribution in [0, 0.1) is 6.92 Å². The van der Waals surface area contributed by atoms with E-state index in [1.54, 1.807) is 10.6 Å². The van der Waals surface area contributed by atoms with Gasteiger partial charge in [0.25, 0.3) is 5.56 Å². The molecule has 6 heteroatoms. The van der Waals surface area contributed by atoms with Gasteiger partial charge < -0.3 is 9.67 Å².